The summed E-state index contributed by atoms with van der Waals surface area (Å²) in [4.78, 5) is 47.7. The largest absolute Gasteiger partial charge is 0.480 e. The van der Waals surface area contributed by atoms with Crippen LogP contribution in [0.15, 0.2) is 72.9 Å². The predicted octanol–water partition coefficient (Wildman–Crippen LogP) is 11.9. The Labute approximate surface area is 359 Å². The van der Waals surface area contributed by atoms with Gasteiger partial charge >= 0.3 is 11.9 Å². The Morgan fingerprint density at radius 2 is 0.966 bits per heavy atom. The first-order chi connectivity index (χ1) is 28.8. The molecule has 0 aromatic rings. The van der Waals surface area contributed by atoms with Crippen molar-refractivity contribution < 1.29 is 34.1 Å². The van der Waals surface area contributed by atoms with Crippen LogP contribution in [0.1, 0.15) is 194 Å². The summed E-state index contributed by atoms with van der Waals surface area (Å²) in [5.41, 5.74) is 0. The molecular formula is C50H84N2O7. The van der Waals surface area contributed by atoms with E-state index in [1.165, 1.54) is 44.9 Å². The third-order valence-electron chi connectivity index (χ3n) is 9.94. The quantitative estimate of drug-likeness (QED) is 0.0273. The van der Waals surface area contributed by atoms with Gasteiger partial charge in [0.05, 0.1) is 13.2 Å². The molecule has 59 heavy (non-hydrogen) atoms. The first-order valence-corrected chi connectivity index (χ1v) is 23.3. The van der Waals surface area contributed by atoms with Crippen molar-refractivity contribution in [2.45, 2.75) is 206 Å². The number of aliphatic hydroxyl groups excluding tert-OH is 1. The Morgan fingerprint density at radius 3 is 1.49 bits per heavy atom. The van der Waals surface area contributed by atoms with Gasteiger partial charge in [0.2, 0.25) is 11.8 Å². The number of allylic oxidation sites excluding steroid dienone is 12. The Balaban J connectivity index is 4.45. The van der Waals surface area contributed by atoms with Crippen LogP contribution < -0.4 is 10.6 Å². The molecule has 0 radical (unpaired) electrons. The van der Waals surface area contributed by atoms with E-state index in [-0.39, 0.29) is 30.9 Å². The first-order valence-electron chi connectivity index (χ1n) is 23.3. The molecule has 2 unspecified atom stereocenters. The number of hydrogen-bond donors (Lipinski definition) is 4. The highest BCUT2D eigenvalue weighted by Crippen LogP contribution is 2.18. The number of carbonyl (C=O) groups is 4. The van der Waals surface area contributed by atoms with Crippen molar-refractivity contribution in [2.75, 3.05) is 13.2 Å². The summed E-state index contributed by atoms with van der Waals surface area (Å²) in [5, 5.41) is 22.6. The molecule has 336 valence electrons. The molecule has 0 aliphatic carbocycles. The van der Waals surface area contributed by atoms with Crippen molar-refractivity contribution in [1.82, 2.24) is 10.6 Å². The third kappa shape index (κ3) is 40.8. The van der Waals surface area contributed by atoms with E-state index in [0.717, 1.165) is 116 Å². The Kier molecular flexibility index (Phi) is 41.1. The van der Waals surface area contributed by atoms with Crippen LogP contribution in [0.4, 0.5) is 0 Å². The Morgan fingerprint density at radius 1 is 0.525 bits per heavy atom. The van der Waals surface area contributed by atoms with Gasteiger partial charge in [0.15, 0.2) is 0 Å². The van der Waals surface area contributed by atoms with Gasteiger partial charge in [-0.15, -0.1) is 0 Å². The minimum absolute atomic E-state index is 0.0638. The molecular weight excluding hydrogens is 741 g/mol. The maximum Gasteiger partial charge on any atom is 0.328 e. The molecule has 0 saturated heterocycles. The fourth-order valence-corrected chi connectivity index (χ4v) is 6.38. The monoisotopic (exact) mass is 825 g/mol. The molecule has 9 heteroatoms. The second kappa shape index (κ2) is 43.8. The molecule has 4 N–H and O–H groups in total. The van der Waals surface area contributed by atoms with Crippen LogP contribution in [0.25, 0.3) is 0 Å². The zero-order chi connectivity index (χ0) is 43.3. The molecule has 0 aromatic heterocycles. The zero-order valence-corrected chi connectivity index (χ0v) is 37.2. The van der Waals surface area contributed by atoms with Crippen molar-refractivity contribution >= 4 is 23.8 Å². The van der Waals surface area contributed by atoms with Crippen LogP contribution in [0.2, 0.25) is 0 Å². The average Bonchev–Trinajstić information content (AvgIpc) is 3.22. The summed E-state index contributed by atoms with van der Waals surface area (Å²) in [6, 6.07) is -1.39. The van der Waals surface area contributed by atoms with Gasteiger partial charge in [0.25, 0.3) is 0 Å². The first kappa shape index (κ1) is 55.3. The van der Waals surface area contributed by atoms with Crippen LogP contribution in [-0.4, -0.2) is 59.3 Å². The topological polar surface area (TPSA) is 142 Å². The van der Waals surface area contributed by atoms with Gasteiger partial charge < -0.3 is 25.6 Å². The van der Waals surface area contributed by atoms with E-state index in [1.54, 1.807) is 0 Å². The number of aliphatic hydroxyl groups is 1. The standard InChI is InChI=1S/C50H84N2O7/c1-3-5-7-9-11-13-15-17-19-21-23-25-27-29-34-38-42-49(56)59-45(39-35-31-28-26-24-22-20-18-16-14-12-10-8-6-4-2)40-36-32-30-33-37-41-47(54)51-43-48(55)52-46(44-53)50(57)58/h6,8,12-15,18-21,24,26,45-46,53H,3-5,7,9-11,16-17,22-23,25,27-44H2,1-2H3,(H,51,54)(H,52,55)(H,57,58)/b8-6-,14-12-,15-13-,20-18-,21-19-,26-24-. The van der Waals surface area contributed by atoms with Crippen molar-refractivity contribution in [3.8, 4) is 0 Å². The summed E-state index contributed by atoms with van der Waals surface area (Å²) in [7, 11) is 0. The lowest BCUT2D eigenvalue weighted by Crippen LogP contribution is -2.47. The molecule has 0 spiro atoms. The summed E-state index contributed by atoms with van der Waals surface area (Å²) < 4.78 is 6.02. The molecule has 0 heterocycles. The van der Waals surface area contributed by atoms with Gasteiger partial charge in [-0.1, -0.05) is 145 Å². The van der Waals surface area contributed by atoms with Gasteiger partial charge in [-0.25, -0.2) is 4.79 Å². The highest BCUT2D eigenvalue weighted by molar-refractivity contribution is 5.87. The normalized spacial score (nSPS) is 13.1. The summed E-state index contributed by atoms with van der Waals surface area (Å²) >= 11 is 0. The molecule has 0 rings (SSSR count). The average molecular weight is 825 g/mol. The number of ether oxygens (including phenoxy) is 1. The fourth-order valence-electron chi connectivity index (χ4n) is 6.38. The van der Waals surface area contributed by atoms with Gasteiger partial charge in [-0.3, -0.25) is 14.4 Å². The summed E-state index contributed by atoms with van der Waals surface area (Å²) in [6.45, 7) is 3.34. The maximum atomic E-state index is 12.8. The number of hydrogen-bond acceptors (Lipinski definition) is 6. The molecule has 0 aromatic carbocycles. The number of carboxylic acids is 1. The van der Waals surface area contributed by atoms with E-state index >= 15 is 0 Å². The van der Waals surface area contributed by atoms with E-state index in [0.29, 0.717) is 12.8 Å². The molecule has 9 nitrogen and oxygen atoms in total. The number of unbranched alkanes of at least 4 members (excludes halogenated alkanes) is 15. The number of carbonyl (C=O) groups excluding carboxylic acids is 3. The molecule has 0 aliphatic heterocycles. The third-order valence-corrected chi connectivity index (χ3v) is 9.94. The van der Waals surface area contributed by atoms with Crippen LogP contribution in [0.3, 0.4) is 0 Å². The van der Waals surface area contributed by atoms with Crippen molar-refractivity contribution in [3.63, 3.8) is 0 Å². The summed E-state index contributed by atoms with van der Waals surface area (Å²) in [6.07, 6.45) is 54.9. The highest BCUT2D eigenvalue weighted by Gasteiger charge is 2.19. The van der Waals surface area contributed by atoms with Crippen molar-refractivity contribution in [2.24, 2.45) is 0 Å². The number of amides is 2. The molecule has 2 amide bonds. The van der Waals surface area contributed by atoms with Crippen LogP contribution in [0.5, 0.6) is 0 Å². The smallest absolute Gasteiger partial charge is 0.328 e. The van der Waals surface area contributed by atoms with Crippen LogP contribution in [0, 0.1) is 0 Å². The second-order valence-electron chi connectivity index (χ2n) is 15.5. The molecule has 0 aliphatic rings. The van der Waals surface area contributed by atoms with E-state index < -0.39 is 24.5 Å². The highest BCUT2D eigenvalue weighted by atomic mass is 16.5. The van der Waals surface area contributed by atoms with E-state index in [9.17, 15) is 19.2 Å². The molecule has 0 saturated carbocycles. The number of nitrogens with one attached hydrogen (secondary N) is 2. The minimum atomic E-state index is -1.39. The van der Waals surface area contributed by atoms with Crippen LogP contribution in [-0.2, 0) is 23.9 Å². The minimum Gasteiger partial charge on any atom is -0.480 e. The van der Waals surface area contributed by atoms with Gasteiger partial charge in [-0.05, 0) is 109 Å². The van der Waals surface area contributed by atoms with Gasteiger partial charge in [-0.2, -0.15) is 0 Å². The number of carboxylic acid groups (broad SMARTS) is 1. The van der Waals surface area contributed by atoms with Gasteiger partial charge in [0, 0.05) is 12.8 Å². The van der Waals surface area contributed by atoms with E-state index in [1.807, 2.05) is 0 Å². The second-order valence-corrected chi connectivity index (χ2v) is 15.5. The zero-order valence-electron chi connectivity index (χ0n) is 37.2. The molecule has 0 fully saturated rings. The predicted molar refractivity (Wildman–Crippen MR) is 245 cm³/mol. The summed E-state index contributed by atoms with van der Waals surface area (Å²) in [5.74, 6) is -2.35. The lowest BCUT2D eigenvalue weighted by Gasteiger charge is -2.18. The lowest BCUT2D eigenvalue weighted by molar-refractivity contribution is -0.150. The Hall–Kier alpha value is -3.72. The Bertz CT molecular complexity index is 1220. The van der Waals surface area contributed by atoms with E-state index in [4.69, 9.17) is 14.9 Å². The SMILES string of the molecule is CC/C=C\C/C=C\C/C=C\C/C=C\CCCCC(CCCCCCCC(=O)NCC(=O)NC(CO)C(=O)O)OC(=O)CCCCCCC/C=C\C/C=C\CCCCCC. The number of aliphatic carboxylic acids is 1. The van der Waals surface area contributed by atoms with Gasteiger partial charge in [0.1, 0.15) is 12.1 Å². The number of esters is 1. The van der Waals surface area contributed by atoms with Crippen LogP contribution >= 0.6 is 0 Å². The number of rotatable bonds is 41. The van der Waals surface area contributed by atoms with Crippen molar-refractivity contribution in [1.29, 1.82) is 0 Å². The maximum absolute atomic E-state index is 12.8. The van der Waals surface area contributed by atoms with Crippen molar-refractivity contribution in [3.05, 3.63) is 72.9 Å². The molecule has 0 bridgehead atoms. The lowest BCUT2D eigenvalue weighted by atomic mass is 10.0. The molecule has 2 atom stereocenters. The van der Waals surface area contributed by atoms with E-state index in [2.05, 4.69) is 97.4 Å². The fraction of sp³-hybridized carbons (Fsp3) is 0.680.